The molecule has 0 saturated carbocycles. The maximum atomic E-state index is 13.4. The van der Waals surface area contributed by atoms with E-state index in [-0.39, 0.29) is 35.8 Å². The van der Waals surface area contributed by atoms with Crippen molar-refractivity contribution in [1.29, 1.82) is 0 Å². The van der Waals surface area contributed by atoms with E-state index >= 15 is 0 Å². The van der Waals surface area contributed by atoms with Gasteiger partial charge in [-0.1, -0.05) is 24.3 Å². The summed E-state index contributed by atoms with van der Waals surface area (Å²) >= 11 is 0. The summed E-state index contributed by atoms with van der Waals surface area (Å²) in [6, 6.07) is 17.7. The molecule has 9 rings (SSSR count). The lowest BCUT2D eigenvalue weighted by Crippen LogP contribution is -2.61. The first-order valence-corrected chi connectivity index (χ1v) is 17.8. The van der Waals surface area contributed by atoms with Crippen molar-refractivity contribution < 1.29 is 29.0 Å². The van der Waals surface area contributed by atoms with E-state index in [9.17, 15) is 24.3 Å². The number of piperidine rings is 2. The Morgan fingerprint density at radius 2 is 1.66 bits per heavy atom. The van der Waals surface area contributed by atoms with E-state index in [4.69, 9.17) is 4.74 Å². The zero-order valence-corrected chi connectivity index (χ0v) is 28.0. The van der Waals surface area contributed by atoms with Gasteiger partial charge in [-0.25, -0.2) is 0 Å². The number of nitrogens with one attached hydrogen (secondary N) is 1. The molecule has 0 bridgehead atoms. The van der Waals surface area contributed by atoms with Crippen molar-refractivity contribution in [2.45, 2.75) is 63.7 Å². The minimum atomic E-state index is -0.627. The molecule has 3 saturated heterocycles. The molecule has 0 radical (unpaired) electrons. The smallest absolute Gasteiger partial charge is 0.255 e. The standard InChI is InChI=1S/C39H41N5O6/c45-29-5-6-31-30(9-14-50-34(31)17-29)24-1-3-28(4-2-24)43-22-39(23-43)10-12-41(13-11-39)21-36(47)42-18-25-15-27-20-44(33-7-8-35(46)40-37(33)48)38(49)32(27)16-26(25)19-42/h1-6,15-17,30,33,45H,7-14,18-23H2,(H,40,46,48)/t30-,33?/m1/s1. The van der Waals surface area contributed by atoms with Gasteiger partial charge in [0.05, 0.1) is 13.2 Å². The van der Waals surface area contributed by atoms with Gasteiger partial charge in [0, 0.05) is 73.4 Å². The molecule has 0 aromatic heterocycles. The number of imide groups is 1. The Hall–Kier alpha value is -4.90. The molecule has 0 aliphatic carbocycles. The van der Waals surface area contributed by atoms with E-state index in [1.807, 2.05) is 23.1 Å². The monoisotopic (exact) mass is 675 g/mol. The number of phenols is 1. The van der Waals surface area contributed by atoms with Gasteiger partial charge in [-0.2, -0.15) is 0 Å². The van der Waals surface area contributed by atoms with Gasteiger partial charge in [-0.15, -0.1) is 0 Å². The lowest BCUT2D eigenvalue weighted by molar-refractivity contribution is -0.137. The van der Waals surface area contributed by atoms with Gasteiger partial charge in [-0.05, 0) is 85.3 Å². The highest BCUT2D eigenvalue weighted by Crippen LogP contribution is 2.44. The summed E-state index contributed by atoms with van der Waals surface area (Å²) in [5.41, 5.74) is 7.49. The van der Waals surface area contributed by atoms with Crippen LogP contribution in [0.2, 0.25) is 0 Å². The SMILES string of the molecule is O=C1CCC(N2Cc3cc4c(cc3C2=O)CN(C(=O)CN2CCC3(CC2)CN(c2ccc([C@H]5CCOc6cc(O)ccc65)cc2)C3)C4)C(=O)N1. The number of hydrogen-bond acceptors (Lipinski definition) is 8. The summed E-state index contributed by atoms with van der Waals surface area (Å²) < 4.78 is 5.80. The summed E-state index contributed by atoms with van der Waals surface area (Å²) in [5.74, 6) is 0.507. The fraction of sp³-hybridized carbons (Fsp3) is 0.436. The zero-order chi connectivity index (χ0) is 34.1. The van der Waals surface area contributed by atoms with Gasteiger partial charge in [-0.3, -0.25) is 29.4 Å². The van der Waals surface area contributed by atoms with Crippen molar-refractivity contribution in [3.05, 3.63) is 88.0 Å². The Labute approximate surface area is 290 Å². The largest absolute Gasteiger partial charge is 0.508 e. The van der Waals surface area contributed by atoms with Crippen LogP contribution in [-0.4, -0.2) is 88.8 Å². The van der Waals surface area contributed by atoms with Crippen LogP contribution < -0.4 is 15.0 Å². The maximum absolute atomic E-state index is 13.4. The fourth-order valence-electron chi connectivity index (χ4n) is 9.03. The number of carbonyl (C=O) groups excluding carboxylic acids is 4. The number of phenolic OH excluding ortho intramolecular Hbond substituents is 1. The number of amides is 4. The Bertz CT molecular complexity index is 1910. The van der Waals surface area contributed by atoms with Gasteiger partial charge in [0.2, 0.25) is 17.7 Å². The fourth-order valence-corrected chi connectivity index (χ4v) is 9.03. The number of fused-ring (bicyclic) bond motifs is 3. The van der Waals surface area contributed by atoms with E-state index in [1.165, 1.54) is 11.3 Å². The molecule has 258 valence electrons. The van der Waals surface area contributed by atoms with Crippen LogP contribution in [0.25, 0.3) is 0 Å². The average Bonchev–Trinajstić information content (AvgIpc) is 3.66. The maximum Gasteiger partial charge on any atom is 0.255 e. The second kappa shape index (κ2) is 11.9. The van der Waals surface area contributed by atoms with Gasteiger partial charge >= 0.3 is 0 Å². The first kappa shape index (κ1) is 31.1. The van der Waals surface area contributed by atoms with Crippen LogP contribution in [-0.2, 0) is 34.0 Å². The van der Waals surface area contributed by atoms with Crippen molar-refractivity contribution in [3.8, 4) is 11.5 Å². The molecule has 3 fully saturated rings. The second-order valence-electron chi connectivity index (χ2n) is 15.1. The van der Waals surface area contributed by atoms with Crippen LogP contribution in [0.15, 0.2) is 54.6 Å². The Morgan fingerprint density at radius 3 is 2.42 bits per heavy atom. The summed E-state index contributed by atoms with van der Waals surface area (Å²) in [6.45, 7) is 6.33. The number of anilines is 1. The third-order valence-electron chi connectivity index (χ3n) is 11.9. The topological polar surface area (TPSA) is 123 Å². The Balaban J connectivity index is 0.759. The molecule has 50 heavy (non-hydrogen) atoms. The van der Waals surface area contributed by atoms with Crippen molar-refractivity contribution in [2.24, 2.45) is 5.41 Å². The predicted octanol–water partition coefficient (Wildman–Crippen LogP) is 3.51. The molecular weight excluding hydrogens is 634 g/mol. The molecule has 6 aliphatic rings. The van der Waals surface area contributed by atoms with Crippen LogP contribution in [0.3, 0.4) is 0 Å². The van der Waals surface area contributed by atoms with Gasteiger partial charge in [0.25, 0.3) is 5.91 Å². The molecule has 3 aromatic rings. The highest BCUT2D eigenvalue weighted by Gasteiger charge is 2.45. The first-order chi connectivity index (χ1) is 24.2. The lowest BCUT2D eigenvalue weighted by atomic mass is 9.71. The van der Waals surface area contributed by atoms with Gasteiger partial charge < -0.3 is 24.5 Å². The molecule has 1 spiro atoms. The molecule has 11 nitrogen and oxygen atoms in total. The number of ether oxygens (including phenoxy) is 1. The molecule has 2 atom stereocenters. The second-order valence-corrected chi connectivity index (χ2v) is 15.1. The van der Waals surface area contributed by atoms with Gasteiger partial charge in [0.15, 0.2) is 0 Å². The zero-order valence-electron chi connectivity index (χ0n) is 28.0. The van der Waals surface area contributed by atoms with Crippen LogP contribution in [0, 0.1) is 5.41 Å². The van der Waals surface area contributed by atoms with Gasteiger partial charge in [0.1, 0.15) is 17.5 Å². The molecule has 6 aliphatic heterocycles. The average molecular weight is 676 g/mol. The molecule has 6 heterocycles. The van der Waals surface area contributed by atoms with Crippen molar-refractivity contribution in [1.82, 2.24) is 20.0 Å². The molecule has 2 N–H and O–H groups in total. The highest BCUT2D eigenvalue weighted by atomic mass is 16.5. The van der Waals surface area contributed by atoms with Crippen molar-refractivity contribution >= 4 is 29.3 Å². The van der Waals surface area contributed by atoms with Crippen molar-refractivity contribution in [3.63, 3.8) is 0 Å². The van der Waals surface area contributed by atoms with Crippen LogP contribution in [0.4, 0.5) is 5.69 Å². The number of nitrogens with zero attached hydrogens (tertiary/aromatic N) is 4. The van der Waals surface area contributed by atoms with E-state index < -0.39 is 11.9 Å². The quantitative estimate of drug-likeness (QED) is 0.395. The van der Waals surface area contributed by atoms with Crippen LogP contribution >= 0.6 is 0 Å². The first-order valence-electron chi connectivity index (χ1n) is 17.8. The summed E-state index contributed by atoms with van der Waals surface area (Å²) in [7, 11) is 0. The Morgan fingerprint density at radius 1 is 0.900 bits per heavy atom. The third-order valence-corrected chi connectivity index (χ3v) is 11.9. The number of rotatable bonds is 5. The Kier molecular flexibility index (Phi) is 7.38. The van der Waals surface area contributed by atoms with Crippen molar-refractivity contribution in [2.75, 3.05) is 44.2 Å². The highest BCUT2D eigenvalue weighted by molar-refractivity contribution is 6.05. The number of likely N-dealkylation sites (tertiary alicyclic amines) is 1. The van der Waals surface area contributed by atoms with Crippen LogP contribution in [0.5, 0.6) is 11.5 Å². The molecule has 4 amide bonds. The number of benzene rings is 3. The molecular formula is C39H41N5O6. The van der Waals surface area contributed by atoms with E-state index in [0.29, 0.717) is 50.2 Å². The number of aromatic hydroxyl groups is 1. The molecule has 1 unspecified atom stereocenters. The summed E-state index contributed by atoms with van der Waals surface area (Å²) in [6.07, 6.45) is 3.66. The summed E-state index contributed by atoms with van der Waals surface area (Å²) in [4.78, 5) is 58.9. The lowest BCUT2D eigenvalue weighted by Gasteiger charge is -2.55. The minimum Gasteiger partial charge on any atom is -0.508 e. The summed E-state index contributed by atoms with van der Waals surface area (Å²) in [5, 5.41) is 12.2. The van der Waals surface area contributed by atoms with E-state index in [1.54, 1.807) is 17.0 Å². The van der Waals surface area contributed by atoms with E-state index in [0.717, 1.165) is 73.4 Å². The van der Waals surface area contributed by atoms with E-state index in [2.05, 4.69) is 39.4 Å². The molecule has 11 heteroatoms. The predicted molar refractivity (Wildman–Crippen MR) is 184 cm³/mol. The normalized spacial score (nSPS) is 24.0. The number of hydrogen-bond donors (Lipinski definition) is 2. The third kappa shape index (κ3) is 5.39. The number of carbonyl (C=O) groups is 4. The molecule has 3 aromatic carbocycles. The minimum absolute atomic E-state index is 0.119. The van der Waals surface area contributed by atoms with Crippen LogP contribution in [0.1, 0.15) is 76.2 Å².